The summed E-state index contributed by atoms with van der Waals surface area (Å²) in [7, 11) is 0. The molecule has 0 aromatic rings. The molecule has 13 heavy (non-hydrogen) atoms. The van der Waals surface area contributed by atoms with E-state index in [-0.39, 0.29) is 6.09 Å². The molecule has 1 fully saturated rings. The summed E-state index contributed by atoms with van der Waals surface area (Å²) in [4.78, 5) is 13.1. The highest BCUT2D eigenvalue weighted by atomic mass is 16.6. The predicted molar refractivity (Wildman–Crippen MR) is 50.7 cm³/mol. The van der Waals surface area contributed by atoms with Crippen molar-refractivity contribution < 1.29 is 10.9 Å². The van der Waals surface area contributed by atoms with Gasteiger partial charge >= 0.3 is 6.09 Å². The molecule has 0 saturated carbocycles. The van der Waals surface area contributed by atoms with Crippen LogP contribution >= 0.6 is 0 Å². The maximum atomic E-state index is 11.6. The van der Waals surface area contributed by atoms with Gasteiger partial charge in [-0.25, -0.2) is 4.79 Å². The van der Waals surface area contributed by atoms with E-state index in [2.05, 4.69) is 5.32 Å². The van der Waals surface area contributed by atoms with Gasteiger partial charge in [0.15, 0.2) is 0 Å². The first-order valence-corrected chi connectivity index (χ1v) is 4.52. The third kappa shape index (κ3) is 3.63. The quantitative estimate of drug-likeness (QED) is 0.610. The van der Waals surface area contributed by atoms with Gasteiger partial charge in [0.25, 0.3) is 0 Å². The summed E-state index contributed by atoms with van der Waals surface area (Å²) in [6.07, 6.45) is -0.323. The van der Waals surface area contributed by atoms with Crippen molar-refractivity contribution in [3.8, 4) is 0 Å². The van der Waals surface area contributed by atoms with E-state index in [4.69, 9.17) is 6.11 Å². The van der Waals surface area contributed by atoms with Gasteiger partial charge in [-0.1, -0.05) is 0 Å². The molecule has 0 aromatic carbocycles. The van der Waals surface area contributed by atoms with Crippen molar-refractivity contribution in [1.82, 2.24) is 10.2 Å². The number of ether oxygens (including phenoxy) is 1. The topological polar surface area (TPSA) is 41.6 Å². The zero-order chi connectivity index (χ0) is 10.8. The Morgan fingerprint density at radius 3 is 2.77 bits per heavy atom. The first kappa shape index (κ1) is 8.81. The zero-order valence-electron chi connectivity index (χ0n) is 9.46. The SMILES string of the molecule is [2H]C1CN(C(=O)OC(C)(C)C)CCN1. The minimum absolute atomic E-state index is 0.323. The van der Waals surface area contributed by atoms with Gasteiger partial charge < -0.3 is 15.0 Å². The first-order valence-electron chi connectivity index (χ1n) is 5.10. The minimum Gasteiger partial charge on any atom is -0.444 e. The van der Waals surface area contributed by atoms with Crippen LogP contribution in [0.25, 0.3) is 0 Å². The van der Waals surface area contributed by atoms with Crippen molar-refractivity contribution in [2.24, 2.45) is 0 Å². The van der Waals surface area contributed by atoms with Gasteiger partial charge in [0, 0.05) is 27.5 Å². The third-order valence-electron chi connectivity index (χ3n) is 1.63. The smallest absolute Gasteiger partial charge is 0.410 e. The normalized spacial score (nSPS) is 25.3. The van der Waals surface area contributed by atoms with Crippen molar-refractivity contribution in [3.63, 3.8) is 0 Å². The number of piperazine rings is 1. The fourth-order valence-corrected chi connectivity index (χ4v) is 1.06. The Hall–Kier alpha value is -0.770. The van der Waals surface area contributed by atoms with Crippen molar-refractivity contribution >= 4 is 6.09 Å². The number of nitrogens with one attached hydrogen (secondary N) is 1. The van der Waals surface area contributed by atoms with E-state index in [1.807, 2.05) is 20.8 Å². The molecule has 0 spiro atoms. The third-order valence-corrected chi connectivity index (χ3v) is 1.63. The van der Waals surface area contributed by atoms with Gasteiger partial charge in [0.05, 0.1) is 0 Å². The number of amides is 1. The lowest BCUT2D eigenvalue weighted by Crippen LogP contribution is -2.48. The lowest BCUT2D eigenvalue weighted by Gasteiger charge is -2.30. The van der Waals surface area contributed by atoms with Crippen LogP contribution in [0.5, 0.6) is 0 Å². The van der Waals surface area contributed by atoms with Crippen molar-refractivity contribution in [2.45, 2.75) is 26.4 Å². The summed E-state index contributed by atoms with van der Waals surface area (Å²) in [5.41, 5.74) is -0.459. The zero-order valence-corrected chi connectivity index (χ0v) is 8.46. The Bertz CT molecular complexity index is 215. The molecule has 1 amide bonds. The predicted octanol–water partition coefficient (Wildman–Crippen LogP) is 0.827. The van der Waals surface area contributed by atoms with Crippen LogP contribution in [-0.2, 0) is 4.74 Å². The number of rotatable bonds is 0. The van der Waals surface area contributed by atoms with Gasteiger partial charge in [-0.3, -0.25) is 0 Å². The van der Waals surface area contributed by atoms with Crippen LogP contribution in [-0.4, -0.2) is 42.7 Å². The van der Waals surface area contributed by atoms with E-state index in [1.165, 1.54) is 0 Å². The molecule has 0 aliphatic carbocycles. The molecule has 1 aliphatic heterocycles. The molecule has 0 aromatic heterocycles. The second-order valence-electron chi connectivity index (χ2n) is 4.08. The second kappa shape index (κ2) is 3.96. The molecule has 1 saturated heterocycles. The number of carbonyl (C=O) groups is 1. The van der Waals surface area contributed by atoms with Gasteiger partial charge in [0.2, 0.25) is 0 Å². The van der Waals surface area contributed by atoms with E-state index >= 15 is 0 Å². The van der Waals surface area contributed by atoms with Crippen molar-refractivity contribution in [1.29, 1.82) is 0 Å². The molecule has 1 rings (SSSR count). The van der Waals surface area contributed by atoms with Crippen LogP contribution in [0.4, 0.5) is 4.79 Å². The van der Waals surface area contributed by atoms with Crippen LogP contribution in [0.2, 0.25) is 0 Å². The fourth-order valence-electron chi connectivity index (χ4n) is 1.06. The van der Waals surface area contributed by atoms with Gasteiger partial charge in [-0.2, -0.15) is 0 Å². The maximum absolute atomic E-state index is 11.6. The Labute approximate surface area is 80.6 Å². The average Bonchev–Trinajstić information content (AvgIpc) is 2.01. The Kier molecular flexibility index (Phi) is 2.68. The molecule has 4 heteroatoms. The molecule has 1 heterocycles. The molecule has 0 bridgehead atoms. The lowest BCUT2D eigenvalue weighted by molar-refractivity contribution is 0.0229. The number of hydrogen-bond acceptors (Lipinski definition) is 3. The second-order valence-corrected chi connectivity index (χ2v) is 4.08. The van der Waals surface area contributed by atoms with Crippen molar-refractivity contribution in [3.05, 3.63) is 0 Å². The molecule has 4 nitrogen and oxygen atoms in total. The molecular formula is C9H18N2O2. The van der Waals surface area contributed by atoms with Gasteiger partial charge in [0.1, 0.15) is 5.60 Å². The first-order chi connectivity index (χ1) is 6.38. The van der Waals surface area contributed by atoms with Gasteiger partial charge in [-0.05, 0) is 20.8 Å². The molecule has 1 aliphatic rings. The maximum Gasteiger partial charge on any atom is 0.410 e. The van der Waals surface area contributed by atoms with Crippen LogP contribution < -0.4 is 5.32 Å². The fraction of sp³-hybridized carbons (Fsp3) is 0.889. The summed E-state index contributed by atoms with van der Waals surface area (Å²) in [5, 5.41) is 2.95. The van der Waals surface area contributed by atoms with E-state index in [0.29, 0.717) is 19.6 Å². The highest BCUT2D eigenvalue weighted by molar-refractivity contribution is 5.68. The van der Waals surface area contributed by atoms with Gasteiger partial charge in [-0.15, -0.1) is 0 Å². The molecule has 76 valence electrons. The lowest BCUT2D eigenvalue weighted by atomic mass is 10.2. The molecule has 1 unspecified atom stereocenters. The largest absolute Gasteiger partial charge is 0.444 e. The Morgan fingerprint density at radius 2 is 2.23 bits per heavy atom. The summed E-state index contributed by atoms with van der Waals surface area (Å²) in [5.74, 6) is 0. The number of hydrogen-bond donors (Lipinski definition) is 1. The summed E-state index contributed by atoms with van der Waals surface area (Å²) in [6.45, 7) is 6.80. The van der Waals surface area contributed by atoms with E-state index < -0.39 is 12.1 Å². The van der Waals surface area contributed by atoms with E-state index in [0.717, 1.165) is 0 Å². The minimum atomic E-state index is -0.459. The van der Waals surface area contributed by atoms with E-state index in [1.54, 1.807) is 4.90 Å². The van der Waals surface area contributed by atoms with Crippen LogP contribution in [0.3, 0.4) is 0 Å². The molecule has 1 atom stereocenters. The number of carbonyl (C=O) groups excluding carboxylic acids is 1. The highest BCUT2D eigenvalue weighted by Crippen LogP contribution is 2.09. The molecule has 0 radical (unpaired) electrons. The summed E-state index contributed by atoms with van der Waals surface area (Å²) in [6, 6.07) is 0. The Morgan fingerprint density at radius 1 is 1.54 bits per heavy atom. The highest BCUT2D eigenvalue weighted by Gasteiger charge is 2.22. The van der Waals surface area contributed by atoms with Crippen LogP contribution in [0.15, 0.2) is 0 Å². The van der Waals surface area contributed by atoms with Crippen LogP contribution in [0, 0.1) is 0 Å². The number of nitrogens with zero attached hydrogens (tertiary/aromatic N) is 1. The van der Waals surface area contributed by atoms with Crippen LogP contribution in [0.1, 0.15) is 22.1 Å². The average molecular weight is 187 g/mol. The summed E-state index contributed by atoms with van der Waals surface area (Å²) < 4.78 is 12.7. The Balaban J connectivity index is 2.44. The summed E-state index contributed by atoms with van der Waals surface area (Å²) >= 11 is 0. The molecular weight excluding hydrogens is 168 g/mol. The van der Waals surface area contributed by atoms with Crippen molar-refractivity contribution in [2.75, 3.05) is 26.2 Å². The van der Waals surface area contributed by atoms with E-state index in [9.17, 15) is 4.79 Å². The standard InChI is InChI=1S/C9H18N2O2/c1-9(2,3)13-8(12)11-6-4-10-5-7-11/h10H,4-7H2,1-3H3/i4D. The molecule has 1 N–H and O–H groups in total. The monoisotopic (exact) mass is 187 g/mol.